The molecule has 0 bridgehead atoms. The summed E-state index contributed by atoms with van der Waals surface area (Å²) in [6, 6.07) is 6.95. The summed E-state index contributed by atoms with van der Waals surface area (Å²) in [6.45, 7) is 0.343. The number of carbonyl (C=O) groups excluding carboxylic acids is 3. The Balaban J connectivity index is 1.70. The average molecular weight is 409 g/mol. The maximum atomic E-state index is 12.7. The molecule has 2 heterocycles. The molecule has 3 amide bonds. The molecular weight excluding hydrogens is 388 g/mol. The van der Waals surface area contributed by atoms with Crippen LogP contribution in [0.1, 0.15) is 31.2 Å². The van der Waals surface area contributed by atoms with Gasteiger partial charge in [-0.15, -0.1) is 0 Å². The topological polar surface area (TPSA) is 77.9 Å². The number of rotatable bonds is 5. The molecule has 1 atom stereocenters. The van der Waals surface area contributed by atoms with Crippen molar-refractivity contribution in [2.45, 2.75) is 31.7 Å². The van der Waals surface area contributed by atoms with E-state index in [1.807, 2.05) is 0 Å². The van der Waals surface area contributed by atoms with Gasteiger partial charge in [0.25, 0.3) is 11.1 Å². The van der Waals surface area contributed by atoms with Crippen molar-refractivity contribution in [2.75, 3.05) is 19.7 Å². The van der Waals surface area contributed by atoms with Crippen LogP contribution in [0.25, 0.3) is 6.08 Å². The van der Waals surface area contributed by atoms with Gasteiger partial charge in [-0.25, -0.2) is 0 Å². The number of aliphatic hydroxyl groups excluding tert-OH is 1. The van der Waals surface area contributed by atoms with Crippen molar-refractivity contribution in [3.63, 3.8) is 0 Å². The molecule has 0 unspecified atom stereocenters. The largest absolute Gasteiger partial charge is 0.396 e. The Bertz CT molecular complexity index is 781. The van der Waals surface area contributed by atoms with Gasteiger partial charge in [0.15, 0.2) is 0 Å². The van der Waals surface area contributed by atoms with Gasteiger partial charge in [-0.05, 0) is 61.2 Å². The van der Waals surface area contributed by atoms with Crippen molar-refractivity contribution in [3.8, 4) is 0 Å². The maximum Gasteiger partial charge on any atom is 0.294 e. The van der Waals surface area contributed by atoms with Crippen LogP contribution in [0.3, 0.4) is 0 Å². The zero-order valence-electron chi connectivity index (χ0n) is 14.8. The number of thioether (sulfide) groups is 1. The predicted octanol–water partition coefficient (Wildman–Crippen LogP) is 3.14. The fourth-order valence-electron chi connectivity index (χ4n) is 3.39. The lowest BCUT2D eigenvalue weighted by Crippen LogP contribution is -2.49. The van der Waals surface area contributed by atoms with E-state index in [1.165, 1.54) is 0 Å². The normalized spacial score (nSPS) is 22.0. The number of benzene rings is 1. The number of piperidine rings is 1. The second kappa shape index (κ2) is 8.91. The zero-order chi connectivity index (χ0) is 19.4. The maximum absolute atomic E-state index is 12.7. The number of likely N-dealkylation sites (tertiary alicyclic amines) is 1. The molecule has 0 aliphatic carbocycles. The van der Waals surface area contributed by atoms with Crippen LogP contribution in [0.5, 0.6) is 0 Å². The third-order valence-corrected chi connectivity index (χ3v) is 5.87. The fraction of sp³-hybridized carbons (Fsp3) is 0.421. The molecule has 27 heavy (non-hydrogen) atoms. The Labute approximate surface area is 167 Å². The van der Waals surface area contributed by atoms with E-state index < -0.39 is 11.1 Å². The number of aliphatic hydroxyl groups is 1. The number of hydrogen-bond acceptors (Lipinski definition) is 5. The van der Waals surface area contributed by atoms with Crippen LogP contribution >= 0.6 is 23.4 Å². The SMILES string of the molecule is O=C1S/C(=C\c2cccc(Cl)c2)C(=O)N1CC(=O)N1CCCC[C@@H]1CCO. The summed E-state index contributed by atoms with van der Waals surface area (Å²) >= 11 is 6.78. The Morgan fingerprint density at radius 2 is 2.15 bits per heavy atom. The lowest BCUT2D eigenvalue weighted by atomic mass is 9.99. The summed E-state index contributed by atoms with van der Waals surface area (Å²) in [4.78, 5) is 40.5. The number of nitrogens with zero attached hydrogens (tertiary/aromatic N) is 2. The predicted molar refractivity (Wildman–Crippen MR) is 105 cm³/mol. The highest BCUT2D eigenvalue weighted by Gasteiger charge is 2.38. The summed E-state index contributed by atoms with van der Waals surface area (Å²) in [5.41, 5.74) is 0.721. The summed E-state index contributed by atoms with van der Waals surface area (Å²) in [5, 5.41) is 9.30. The zero-order valence-corrected chi connectivity index (χ0v) is 16.3. The lowest BCUT2D eigenvalue weighted by molar-refractivity contribution is -0.139. The first-order valence-electron chi connectivity index (χ1n) is 8.91. The molecule has 0 radical (unpaired) electrons. The first kappa shape index (κ1) is 19.9. The molecule has 2 aliphatic heterocycles. The molecule has 6 nitrogen and oxygen atoms in total. The highest BCUT2D eigenvalue weighted by Crippen LogP contribution is 2.32. The molecule has 8 heteroatoms. The minimum atomic E-state index is -0.464. The molecule has 3 rings (SSSR count). The lowest BCUT2D eigenvalue weighted by Gasteiger charge is -2.36. The van der Waals surface area contributed by atoms with Gasteiger partial charge in [-0.2, -0.15) is 0 Å². The van der Waals surface area contributed by atoms with Crippen LogP contribution in [-0.4, -0.2) is 57.7 Å². The Kier molecular flexibility index (Phi) is 6.57. The van der Waals surface area contributed by atoms with E-state index in [1.54, 1.807) is 35.2 Å². The van der Waals surface area contributed by atoms with Gasteiger partial charge in [0, 0.05) is 24.2 Å². The summed E-state index contributed by atoms with van der Waals surface area (Å²) in [6.07, 6.45) is 4.87. The second-order valence-electron chi connectivity index (χ2n) is 6.57. The quantitative estimate of drug-likeness (QED) is 0.757. The van der Waals surface area contributed by atoms with Crippen LogP contribution in [-0.2, 0) is 9.59 Å². The number of amides is 3. The molecule has 0 spiro atoms. The van der Waals surface area contributed by atoms with Gasteiger partial charge in [-0.3, -0.25) is 19.3 Å². The third kappa shape index (κ3) is 4.72. The molecule has 0 saturated carbocycles. The van der Waals surface area contributed by atoms with Crippen molar-refractivity contribution in [2.24, 2.45) is 0 Å². The van der Waals surface area contributed by atoms with Crippen LogP contribution in [0.2, 0.25) is 5.02 Å². The summed E-state index contributed by atoms with van der Waals surface area (Å²) in [5.74, 6) is -0.714. The highest BCUT2D eigenvalue weighted by atomic mass is 35.5. The molecular formula is C19H21ClN2O4S. The minimum absolute atomic E-state index is 0.0123. The van der Waals surface area contributed by atoms with E-state index >= 15 is 0 Å². The Morgan fingerprint density at radius 3 is 2.89 bits per heavy atom. The van der Waals surface area contributed by atoms with Crippen molar-refractivity contribution in [3.05, 3.63) is 39.8 Å². The fourth-order valence-corrected chi connectivity index (χ4v) is 4.43. The van der Waals surface area contributed by atoms with Crippen LogP contribution in [0.15, 0.2) is 29.2 Å². The van der Waals surface area contributed by atoms with E-state index in [-0.39, 0.29) is 30.0 Å². The molecule has 2 saturated heterocycles. The summed E-state index contributed by atoms with van der Waals surface area (Å²) < 4.78 is 0. The van der Waals surface area contributed by atoms with E-state index in [4.69, 9.17) is 11.6 Å². The van der Waals surface area contributed by atoms with Crippen LogP contribution in [0.4, 0.5) is 4.79 Å². The van der Waals surface area contributed by atoms with E-state index in [2.05, 4.69) is 0 Å². The van der Waals surface area contributed by atoms with Crippen LogP contribution < -0.4 is 0 Å². The molecule has 2 aliphatic rings. The van der Waals surface area contributed by atoms with Gasteiger partial charge in [0.1, 0.15) is 6.54 Å². The van der Waals surface area contributed by atoms with Gasteiger partial charge in [-0.1, -0.05) is 23.7 Å². The van der Waals surface area contributed by atoms with Crippen molar-refractivity contribution in [1.82, 2.24) is 9.80 Å². The highest BCUT2D eigenvalue weighted by molar-refractivity contribution is 8.18. The average Bonchev–Trinajstić information content (AvgIpc) is 2.90. The Hall–Kier alpha value is -1.83. The van der Waals surface area contributed by atoms with Crippen molar-refractivity contribution < 1.29 is 19.5 Å². The molecule has 1 aromatic carbocycles. The molecule has 1 N–H and O–H groups in total. The van der Waals surface area contributed by atoms with Crippen molar-refractivity contribution in [1.29, 1.82) is 0 Å². The molecule has 0 aromatic heterocycles. The second-order valence-corrected chi connectivity index (χ2v) is 8.00. The van der Waals surface area contributed by atoms with Gasteiger partial charge < -0.3 is 10.0 Å². The Morgan fingerprint density at radius 1 is 1.33 bits per heavy atom. The van der Waals surface area contributed by atoms with Crippen LogP contribution in [0, 0.1) is 0 Å². The number of halogens is 1. The summed E-state index contributed by atoms with van der Waals surface area (Å²) in [7, 11) is 0. The van der Waals surface area contributed by atoms with Gasteiger partial charge in [0.2, 0.25) is 5.91 Å². The van der Waals surface area contributed by atoms with Crippen molar-refractivity contribution >= 4 is 46.5 Å². The van der Waals surface area contributed by atoms with E-state index in [0.717, 1.165) is 41.5 Å². The number of imide groups is 1. The van der Waals surface area contributed by atoms with Gasteiger partial charge in [0.05, 0.1) is 4.91 Å². The first-order valence-corrected chi connectivity index (χ1v) is 10.1. The van der Waals surface area contributed by atoms with E-state index in [9.17, 15) is 19.5 Å². The smallest absolute Gasteiger partial charge is 0.294 e. The third-order valence-electron chi connectivity index (χ3n) is 4.72. The number of hydrogen-bond donors (Lipinski definition) is 1. The number of carbonyl (C=O) groups is 3. The van der Waals surface area contributed by atoms with Gasteiger partial charge >= 0.3 is 0 Å². The molecule has 1 aromatic rings. The standard InChI is InChI=1S/C19H21ClN2O4S/c20-14-5-3-4-13(10-14)11-16-18(25)22(19(26)27-16)12-17(24)21-8-2-1-6-15(21)7-9-23/h3-5,10-11,15,23H,1-2,6-9,12H2/b16-11-/t15-/m1/s1. The minimum Gasteiger partial charge on any atom is -0.396 e. The monoisotopic (exact) mass is 408 g/mol. The van der Waals surface area contributed by atoms with E-state index in [0.29, 0.717) is 18.0 Å². The first-order chi connectivity index (χ1) is 13.0. The molecule has 2 fully saturated rings. The molecule has 144 valence electrons.